The van der Waals surface area contributed by atoms with Gasteiger partial charge in [-0.2, -0.15) is 0 Å². The second-order valence-electron chi connectivity index (χ2n) is 7.36. The minimum absolute atomic E-state index is 0.169. The summed E-state index contributed by atoms with van der Waals surface area (Å²) in [4.78, 5) is 51.4. The van der Waals surface area contributed by atoms with E-state index < -0.39 is 0 Å². The first kappa shape index (κ1) is 20.5. The van der Waals surface area contributed by atoms with E-state index in [0.717, 1.165) is 0 Å². The molecule has 0 saturated carbocycles. The van der Waals surface area contributed by atoms with Crippen LogP contribution in [0.5, 0.6) is 0 Å². The zero-order chi connectivity index (χ0) is 22.0. The van der Waals surface area contributed by atoms with E-state index in [-0.39, 0.29) is 17.7 Å². The predicted molar refractivity (Wildman–Crippen MR) is 116 cm³/mol. The van der Waals surface area contributed by atoms with Crippen LogP contribution in [0.25, 0.3) is 5.57 Å². The number of piperazine rings is 1. The number of benzene rings is 1. The highest BCUT2D eigenvalue weighted by molar-refractivity contribution is 6.35. The lowest BCUT2D eigenvalue weighted by Gasteiger charge is -2.36. The molecule has 0 unspecified atom stereocenters. The molecule has 0 aliphatic carbocycles. The third kappa shape index (κ3) is 3.98. The van der Waals surface area contributed by atoms with Crippen LogP contribution >= 0.6 is 0 Å². The molecule has 2 aliphatic heterocycles. The average Bonchev–Trinajstić information content (AvgIpc) is 3.04. The first-order valence-corrected chi connectivity index (χ1v) is 10.2. The molecule has 0 bridgehead atoms. The Balaban J connectivity index is 1.62. The van der Waals surface area contributed by atoms with Crippen LogP contribution in [0, 0.1) is 0 Å². The molecule has 1 aromatic heterocycles. The second kappa shape index (κ2) is 8.55. The Morgan fingerprint density at radius 1 is 0.968 bits per heavy atom. The van der Waals surface area contributed by atoms with Crippen molar-refractivity contribution >= 4 is 34.9 Å². The van der Waals surface area contributed by atoms with Gasteiger partial charge in [-0.05, 0) is 30.7 Å². The molecule has 0 atom stereocenters. The van der Waals surface area contributed by atoms with Crippen molar-refractivity contribution in [2.24, 2.45) is 0 Å². The SMILES string of the molecule is CCN1C(=O)C(c2ccc(NC(C)=O)cc2)=C(N2CCN(c3ncccn3)CC2)C1=O. The normalized spacial score (nSPS) is 16.9. The Morgan fingerprint density at radius 3 is 2.16 bits per heavy atom. The van der Waals surface area contributed by atoms with Crippen molar-refractivity contribution in [2.45, 2.75) is 13.8 Å². The van der Waals surface area contributed by atoms with E-state index in [0.29, 0.717) is 61.2 Å². The van der Waals surface area contributed by atoms with Crippen molar-refractivity contribution in [3.8, 4) is 0 Å². The van der Waals surface area contributed by atoms with Gasteiger partial charge in [0.2, 0.25) is 11.9 Å². The van der Waals surface area contributed by atoms with Crippen LogP contribution in [0.1, 0.15) is 19.4 Å². The number of amides is 3. The summed E-state index contributed by atoms with van der Waals surface area (Å²) in [6.07, 6.45) is 3.41. The number of hydrogen-bond donors (Lipinski definition) is 1. The molecular formula is C22H24N6O3. The smallest absolute Gasteiger partial charge is 0.277 e. The van der Waals surface area contributed by atoms with Crippen LogP contribution in [0.2, 0.25) is 0 Å². The summed E-state index contributed by atoms with van der Waals surface area (Å²) in [5, 5.41) is 2.71. The molecule has 9 nitrogen and oxygen atoms in total. The van der Waals surface area contributed by atoms with Crippen molar-refractivity contribution in [1.29, 1.82) is 0 Å². The number of aromatic nitrogens is 2. The molecule has 4 rings (SSSR count). The van der Waals surface area contributed by atoms with Gasteiger partial charge in [0.15, 0.2) is 0 Å². The molecule has 160 valence electrons. The maximum absolute atomic E-state index is 13.1. The summed E-state index contributed by atoms with van der Waals surface area (Å²) < 4.78 is 0. The Hall–Kier alpha value is -3.75. The van der Waals surface area contributed by atoms with Gasteiger partial charge < -0.3 is 15.1 Å². The topological polar surface area (TPSA) is 98.7 Å². The van der Waals surface area contributed by atoms with Crippen molar-refractivity contribution in [1.82, 2.24) is 19.8 Å². The molecule has 0 spiro atoms. The van der Waals surface area contributed by atoms with E-state index in [2.05, 4.69) is 20.2 Å². The quantitative estimate of drug-likeness (QED) is 0.729. The Morgan fingerprint density at radius 2 is 1.58 bits per heavy atom. The molecule has 3 amide bonds. The third-order valence-electron chi connectivity index (χ3n) is 5.38. The van der Waals surface area contributed by atoms with Gasteiger partial charge >= 0.3 is 0 Å². The molecule has 2 aromatic rings. The number of rotatable bonds is 5. The number of likely N-dealkylation sites (N-methyl/N-ethyl adjacent to an activating group) is 1. The number of nitrogens with one attached hydrogen (secondary N) is 1. The maximum Gasteiger partial charge on any atom is 0.277 e. The van der Waals surface area contributed by atoms with E-state index in [1.807, 2.05) is 4.90 Å². The lowest BCUT2D eigenvalue weighted by Crippen LogP contribution is -2.48. The van der Waals surface area contributed by atoms with Crippen LogP contribution < -0.4 is 10.2 Å². The van der Waals surface area contributed by atoms with Crippen LogP contribution in [0.3, 0.4) is 0 Å². The van der Waals surface area contributed by atoms with Gasteiger partial charge in [0.05, 0.1) is 5.57 Å². The Kier molecular flexibility index (Phi) is 5.66. The van der Waals surface area contributed by atoms with Crippen molar-refractivity contribution < 1.29 is 14.4 Å². The zero-order valence-electron chi connectivity index (χ0n) is 17.5. The van der Waals surface area contributed by atoms with Crippen molar-refractivity contribution in [3.63, 3.8) is 0 Å². The average molecular weight is 420 g/mol. The zero-order valence-corrected chi connectivity index (χ0v) is 17.5. The molecule has 1 fully saturated rings. The van der Waals surface area contributed by atoms with Crippen molar-refractivity contribution in [3.05, 3.63) is 54.0 Å². The summed E-state index contributed by atoms with van der Waals surface area (Å²) >= 11 is 0. The molecule has 31 heavy (non-hydrogen) atoms. The van der Waals surface area contributed by atoms with E-state index >= 15 is 0 Å². The molecule has 0 radical (unpaired) electrons. The number of carbonyl (C=O) groups excluding carboxylic acids is 3. The predicted octanol–water partition coefficient (Wildman–Crippen LogP) is 1.36. The van der Waals surface area contributed by atoms with Crippen LogP contribution in [-0.4, -0.2) is 70.2 Å². The summed E-state index contributed by atoms with van der Waals surface area (Å²) in [6, 6.07) is 8.77. The van der Waals surface area contributed by atoms with Crippen molar-refractivity contribution in [2.75, 3.05) is 42.9 Å². The fraction of sp³-hybridized carbons (Fsp3) is 0.318. The summed E-state index contributed by atoms with van der Waals surface area (Å²) in [6.45, 7) is 6.00. The molecule has 2 aliphatic rings. The molecule has 1 N–H and O–H groups in total. The molecule has 3 heterocycles. The number of imide groups is 1. The standard InChI is InChI=1S/C22H24N6O3/c1-3-28-20(30)18(16-5-7-17(8-6-16)25-15(2)29)19(21(28)31)26-11-13-27(14-12-26)22-23-9-4-10-24-22/h4-10H,3,11-14H2,1-2H3,(H,25,29). The van der Waals surface area contributed by atoms with Gasteiger partial charge in [0.1, 0.15) is 5.70 Å². The van der Waals surface area contributed by atoms with Gasteiger partial charge in [0.25, 0.3) is 11.8 Å². The lowest BCUT2D eigenvalue weighted by atomic mass is 10.0. The van der Waals surface area contributed by atoms with Gasteiger partial charge in [-0.1, -0.05) is 12.1 Å². The minimum atomic E-state index is -0.288. The molecule has 1 aromatic carbocycles. The lowest BCUT2D eigenvalue weighted by molar-refractivity contribution is -0.137. The van der Waals surface area contributed by atoms with Crippen LogP contribution in [-0.2, 0) is 14.4 Å². The Bertz CT molecular complexity index is 1030. The van der Waals surface area contributed by atoms with E-state index in [4.69, 9.17) is 0 Å². The fourth-order valence-corrected chi connectivity index (χ4v) is 3.91. The number of carbonyl (C=O) groups is 3. The molecule has 1 saturated heterocycles. The summed E-state index contributed by atoms with van der Waals surface area (Å²) in [7, 11) is 0. The summed E-state index contributed by atoms with van der Waals surface area (Å²) in [5.41, 5.74) is 2.14. The van der Waals surface area contributed by atoms with Gasteiger partial charge in [-0.15, -0.1) is 0 Å². The second-order valence-corrected chi connectivity index (χ2v) is 7.36. The van der Waals surface area contributed by atoms with E-state index in [9.17, 15) is 14.4 Å². The maximum atomic E-state index is 13.1. The molecular weight excluding hydrogens is 396 g/mol. The van der Waals surface area contributed by atoms with E-state index in [1.165, 1.54) is 11.8 Å². The number of nitrogens with zero attached hydrogens (tertiary/aromatic N) is 5. The highest BCUT2D eigenvalue weighted by Crippen LogP contribution is 2.32. The Labute approximate surface area is 180 Å². The highest BCUT2D eigenvalue weighted by atomic mass is 16.2. The largest absolute Gasteiger partial charge is 0.363 e. The number of anilines is 2. The minimum Gasteiger partial charge on any atom is -0.363 e. The van der Waals surface area contributed by atoms with Crippen LogP contribution in [0.15, 0.2) is 48.4 Å². The first-order chi connectivity index (χ1) is 15.0. The molecule has 9 heteroatoms. The summed E-state index contributed by atoms with van der Waals surface area (Å²) in [5.74, 6) is -0.0624. The fourth-order valence-electron chi connectivity index (χ4n) is 3.91. The van der Waals surface area contributed by atoms with Gasteiger partial charge in [-0.25, -0.2) is 9.97 Å². The van der Waals surface area contributed by atoms with Gasteiger partial charge in [-0.3, -0.25) is 19.3 Å². The highest BCUT2D eigenvalue weighted by Gasteiger charge is 2.41. The number of hydrogen-bond acceptors (Lipinski definition) is 7. The first-order valence-electron chi connectivity index (χ1n) is 10.2. The third-order valence-corrected chi connectivity index (χ3v) is 5.38. The van der Waals surface area contributed by atoms with Gasteiger partial charge in [0, 0.05) is 57.7 Å². The monoisotopic (exact) mass is 420 g/mol. The van der Waals surface area contributed by atoms with E-state index in [1.54, 1.807) is 49.6 Å². The van der Waals surface area contributed by atoms with Crippen LogP contribution in [0.4, 0.5) is 11.6 Å².